The molecule has 0 radical (unpaired) electrons. The lowest BCUT2D eigenvalue weighted by molar-refractivity contribution is -0.170. The molecule has 0 heterocycles. The second-order valence-electron chi connectivity index (χ2n) is 5.34. The number of nitrogens with one attached hydrogen (secondary N) is 1. The van der Waals surface area contributed by atoms with Crippen LogP contribution in [-0.4, -0.2) is 43.7 Å². The minimum atomic E-state index is -0.760. The maximum Gasteiger partial charge on any atom is 0.268 e. The van der Waals surface area contributed by atoms with E-state index in [1.807, 2.05) is 19.9 Å². The second kappa shape index (κ2) is 14.6. The summed E-state index contributed by atoms with van der Waals surface area (Å²) in [6.07, 6.45) is 5.34. The summed E-state index contributed by atoms with van der Waals surface area (Å²) in [7, 11) is 2.87. The van der Waals surface area contributed by atoms with Gasteiger partial charge in [0.2, 0.25) is 0 Å². The SMILES string of the molecule is C=CCCCOc1ccccc1C(=O)NC(CC=C)C(=O)N(C)OC.CC. The van der Waals surface area contributed by atoms with Crippen molar-refractivity contribution in [1.29, 1.82) is 0 Å². The highest BCUT2D eigenvalue weighted by atomic mass is 16.7. The Morgan fingerprint density at radius 1 is 1.22 bits per heavy atom. The fourth-order valence-corrected chi connectivity index (χ4v) is 2.12. The highest BCUT2D eigenvalue weighted by Gasteiger charge is 2.24. The molecule has 150 valence electrons. The van der Waals surface area contributed by atoms with E-state index in [2.05, 4.69) is 18.5 Å². The van der Waals surface area contributed by atoms with Crippen molar-refractivity contribution in [3.05, 3.63) is 55.1 Å². The Morgan fingerprint density at radius 3 is 2.48 bits per heavy atom. The van der Waals surface area contributed by atoms with E-state index in [4.69, 9.17) is 9.57 Å². The van der Waals surface area contributed by atoms with Gasteiger partial charge in [-0.25, -0.2) is 5.06 Å². The first-order chi connectivity index (χ1) is 13.0. The largest absolute Gasteiger partial charge is 0.493 e. The number of hydrogen-bond acceptors (Lipinski definition) is 4. The van der Waals surface area contributed by atoms with Crippen LogP contribution in [0.15, 0.2) is 49.6 Å². The van der Waals surface area contributed by atoms with Gasteiger partial charge in [-0.3, -0.25) is 14.4 Å². The molecule has 0 aliphatic carbocycles. The zero-order valence-corrected chi connectivity index (χ0v) is 16.9. The van der Waals surface area contributed by atoms with Crippen LogP contribution >= 0.6 is 0 Å². The third-order valence-electron chi connectivity index (χ3n) is 3.53. The summed E-state index contributed by atoms with van der Waals surface area (Å²) in [4.78, 5) is 29.8. The molecule has 1 N–H and O–H groups in total. The van der Waals surface area contributed by atoms with Gasteiger partial charge in [0, 0.05) is 7.05 Å². The monoisotopic (exact) mass is 376 g/mol. The predicted octanol–water partition coefficient (Wildman–Crippen LogP) is 3.75. The average molecular weight is 376 g/mol. The number of hydroxylamine groups is 2. The Labute approximate surface area is 162 Å². The zero-order valence-electron chi connectivity index (χ0n) is 16.9. The fraction of sp³-hybridized carbons (Fsp3) is 0.429. The molecular weight excluding hydrogens is 344 g/mol. The van der Waals surface area contributed by atoms with E-state index in [9.17, 15) is 9.59 Å². The third kappa shape index (κ3) is 8.55. The lowest BCUT2D eigenvalue weighted by atomic mass is 10.1. The molecule has 0 aromatic heterocycles. The van der Waals surface area contributed by atoms with E-state index >= 15 is 0 Å². The number of para-hydroxylation sites is 1. The minimum Gasteiger partial charge on any atom is -0.493 e. The van der Waals surface area contributed by atoms with Crippen molar-refractivity contribution in [2.75, 3.05) is 20.8 Å². The first kappa shape index (κ1) is 24.4. The quantitative estimate of drug-likeness (QED) is 0.363. The van der Waals surface area contributed by atoms with Crippen LogP contribution in [0.25, 0.3) is 0 Å². The number of ether oxygens (including phenoxy) is 1. The molecule has 0 spiro atoms. The first-order valence-electron chi connectivity index (χ1n) is 9.11. The van der Waals surface area contributed by atoms with E-state index in [1.54, 1.807) is 30.3 Å². The molecule has 0 saturated heterocycles. The molecule has 1 rings (SSSR count). The van der Waals surface area contributed by atoms with E-state index < -0.39 is 6.04 Å². The standard InChI is InChI=1S/C19H26N2O4.C2H6/c1-5-7-10-14-25-17-13-9-8-12-15(17)18(22)20-16(11-6-2)19(23)21(3)24-4;1-2/h5-6,8-9,12-13,16H,1-2,7,10-11,14H2,3-4H3,(H,20,22);1-2H3. The minimum absolute atomic E-state index is 0.292. The predicted molar refractivity (Wildman–Crippen MR) is 109 cm³/mol. The molecule has 1 aromatic carbocycles. The number of unbranched alkanes of at least 4 members (excludes halogenated alkanes) is 1. The molecule has 2 amide bonds. The molecule has 1 atom stereocenters. The molecule has 6 nitrogen and oxygen atoms in total. The summed E-state index contributed by atoms with van der Waals surface area (Å²) in [6, 6.07) is 6.17. The van der Waals surface area contributed by atoms with Crippen molar-refractivity contribution in [2.24, 2.45) is 0 Å². The molecule has 0 saturated carbocycles. The summed E-state index contributed by atoms with van der Waals surface area (Å²) in [5, 5.41) is 3.79. The van der Waals surface area contributed by atoms with Gasteiger partial charge in [0.05, 0.1) is 19.3 Å². The van der Waals surface area contributed by atoms with Gasteiger partial charge in [0.15, 0.2) is 0 Å². The Balaban J connectivity index is 0.00000326. The first-order valence-corrected chi connectivity index (χ1v) is 9.11. The van der Waals surface area contributed by atoms with Crippen LogP contribution in [0.4, 0.5) is 0 Å². The van der Waals surface area contributed by atoms with Crippen LogP contribution in [0, 0.1) is 0 Å². The number of allylic oxidation sites excluding steroid dienone is 1. The third-order valence-corrected chi connectivity index (χ3v) is 3.53. The summed E-state index contributed by atoms with van der Waals surface area (Å²) in [6.45, 7) is 11.8. The molecule has 0 bridgehead atoms. The Bertz CT molecular complexity index is 602. The number of carbonyl (C=O) groups is 2. The normalized spacial score (nSPS) is 10.7. The zero-order chi connectivity index (χ0) is 20.7. The van der Waals surface area contributed by atoms with Gasteiger partial charge in [0.1, 0.15) is 11.8 Å². The van der Waals surface area contributed by atoms with Gasteiger partial charge < -0.3 is 10.1 Å². The van der Waals surface area contributed by atoms with Crippen molar-refractivity contribution >= 4 is 11.8 Å². The van der Waals surface area contributed by atoms with E-state index in [-0.39, 0.29) is 11.8 Å². The fourth-order valence-electron chi connectivity index (χ4n) is 2.12. The van der Waals surface area contributed by atoms with Crippen LogP contribution in [0.2, 0.25) is 0 Å². The number of nitrogens with zero attached hydrogens (tertiary/aromatic N) is 1. The summed E-state index contributed by atoms with van der Waals surface area (Å²) in [5.41, 5.74) is 0.378. The number of likely N-dealkylation sites (N-methyl/N-ethyl adjacent to an activating group) is 1. The maximum absolute atomic E-state index is 12.6. The average Bonchev–Trinajstić information content (AvgIpc) is 2.71. The Morgan fingerprint density at radius 2 is 1.89 bits per heavy atom. The smallest absolute Gasteiger partial charge is 0.268 e. The number of rotatable bonds is 11. The van der Waals surface area contributed by atoms with E-state index in [1.165, 1.54) is 14.2 Å². The highest BCUT2D eigenvalue weighted by Crippen LogP contribution is 2.19. The van der Waals surface area contributed by atoms with Gasteiger partial charge in [-0.2, -0.15) is 0 Å². The van der Waals surface area contributed by atoms with Gasteiger partial charge in [0.25, 0.3) is 11.8 Å². The second-order valence-corrected chi connectivity index (χ2v) is 5.34. The van der Waals surface area contributed by atoms with E-state index in [0.717, 1.165) is 17.9 Å². The Hall–Kier alpha value is -2.60. The number of amides is 2. The van der Waals surface area contributed by atoms with Crippen molar-refractivity contribution in [1.82, 2.24) is 10.4 Å². The van der Waals surface area contributed by atoms with Gasteiger partial charge in [-0.05, 0) is 31.4 Å². The molecular formula is C21H32N2O4. The Kier molecular flexibility index (Phi) is 13.2. The summed E-state index contributed by atoms with van der Waals surface area (Å²) < 4.78 is 5.68. The molecule has 1 aromatic rings. The molecule has 1 unspecified atom stereocenters. The molecule has 6 heteroatoms. The molecule has 0 aliphatic rings. The van der Waals surface area contributed by atoms with Crippen molar-refractivity contribution in [3.8, 4) is 5.75 Å². The summed E-state index contributed by atoms with van der Waals surface area (Å²) in [5.74, 6) is -0.266. The van der Waals surface area contributed by atoms with E-state index in [0.29, 0.717) is 24.3 Å². The van der Waals surface area contributed by atoms with Gasteiger partial charge >= 0.3 is 0 Å². The maximum atomic E-state index is 12.6. The number of benzene rings is 1. The van der Waals surface area contributed by atoms with Gasteiger partial charge in [-0.1, -0.05) is 38.1 Å². The number of carbonyl (C=O) groups excluding carboxylic acids is 2. The highest BCUT2D eigenvalue weighted by molar-refractivity contribution is 5.99. The van der Waals surface area contributed by atoms with Gasteiger partial charge in [-0.15, -0.1) is 13.2 Å². The molecule has 27 heavy (non-hydrogen) atoms. The van der Waals surface area contributed by atoms with Crippen LogP contribution in [0.1, 0.15) is 43.5 Å². The summed E-state index contributed by atoms with van der Waals surface area (Å²) >= 11 is 0. The topological polar surface area (TPSA) is 67.9 Å². The lowest BCUT2D eigenvalue weighted by Gasteiger charge is -2.22. The van der Waals surface area contributed by atoms with Crippen LogP contribution in [-0.2, 0) is 9.63 Å². The van der Waals surface area contributed by atoms with Crippen molar-refractivity contribution < 1.29 is 19.2 Å². The molecule has 0 aliphatic heterocycles. The van der Waals surface area contributed by atoms with Crippen LogP contribution < -0.4 is 10.1 Å². The van der Waals surface area contributed by atoms with Crippen LogP contribution in [0.3, 0.4) is 0 Å². The van der Waals surface area contributed by atoms with Crippen molar-refractivity contribution in [2.45, 2.75) is 39.2 Å². The van der Waals surface area contributed by atoms with Crippen LogP contribution in [0.5, 0.6) is 5.75 Å². The van der Waals surface area contributed by atoms with Crippen molar-refractivity contribution in [3.63, 3.8) is 0 Å². The number of hydrogen-bond donors (Lipinski definition) is 1. The lowest BCUT2D eigenvalue weighted by Crippen LogP contribution is -2.46. The molecule has 0 fully saturated rings.